The summed E-state index contributed by atoms with van der Waals surface area (Å²) < 4.78 is 5.42. The molecule has 2 aromatic rings. The van der Waals surface area contributed by atoms with Crippen molar-refractivity contribution in [1.29, 1.82) is 0 Å². The van der Waals surface area contributed by atoms with Gasteiger partial charge in [-0.1, -0.05) is 0 Å². The van der Waals surface area contributed by atoms with Crippen LogP contribution in [0.4, 0.5) is 0 Å². The molecule has 1 saturated heterocycles. The van der Waals surface area contributed by atoms with Crippen LogP contribution in [-0.2, 0) is 0 Å². The molecule has 0 bridgehead atoms. The van der Waals surface area contributed by atoms with Crippen molar-refractivity contribution in [3.8, 4) is 5.75 Å². The van der Waals surface area contributed by atoms with Gasteiger partial charge in [0.05, 0.1) is 12.7 Å². The Morgan fingerprint density at radius 2 is 1.65 bits per heavy atom. The molecule has 1 N–H and O–H groups in total. The van der Waals surface area contributed by atoms with Gasteiger partial charge in [-0.3, -0.25) is 9.59 Å². The molecule has 1 aliphatic rings. The number of ether oxygens (including phenoxy) is 1. The third-order valence-corrected chi connectivity index (χ3v) is 4.94. The number of H-pyrrole nitrogens is 1. The van der Waals surface area contributed by atoms with E-state index in [9.17, 15) is 9.59 Å². The first kappa shape index (κ1) is 18.0. The van der Waals surface area contributed by atoms with Gasteiger partial charge in [0.1, 0.15) is 11.4 Å². The molecule has 26 heavy (non-hydrogen) atoms. The standard InChI is InChI=1S/C20H25N3O3/c1-14-12-16(18(26-3)13-15(14)2)19(24)22-8-5-9-23(11-10-22)20(25)17-6-4-7-21-17/h4,6-7,12-13,21H,5,8-11H2,1-3H3. The summed E-state index contributed by atoms with van der Waals surface area (Å²) in [6.45, 7) is 6.31. The highest BCUT2D eigenvalue weighted by atomic mass is 16.5. The second-order valence-corrected chi connectivity index (χ2v) is 6.66. The molecule has 1 aromatic carbocycles. The minimum atomic E-state index is -0.0425. The fourth-order valence-corrected chi connectivity index (χ4v) is 3.25. The lowest BCUT2D eigenvalue weighted by Gasteiger charge is -2.23. The predicted octanol–water partition coefficient (Wildman–Crippen LogP) is 2.63. The average Bonchev–Trinajstić information content (AvgIpc) is 3.07. The molecule has 2 heterocycles. The highest BCUT2D eigenvalue weighted by molar-refractivity contribution is 5.97. The van der Waals surface area contributed by atoms with Crippen LogP contribution in [0.25, 0.3) is 0 Å². The number of amides is 2. The summed E-state index contributed by atoms with van der Waals surface area (Å²) >= 11 is 0. The Morgan fingerprint density at radius 1 is 1.00 bits per heavy atom. The van der Waals surface area contributed by atoms with Crippen molar-refractivity contribution in [3.63, 3.8) is 0 Å². The number of aryl methyl sites for hydroxylation is 2. The van der Waals surface area contributed by atoms with Crippen LogP contribution < -0.4 is 4.74 Å². The number of carbonyl (C=O) groups is 2. The Labute approximate surface area is 153 Å². The molecule has 0 spiro atoms. The maximum absolute atomic E-state index is 13.0. The summed E-state index contributed by atoms with van der Waals surface area (Å²) in [6.07, 6.45) is 2.50. The van der Waals surface area contributed by atoms with Crippen LogP contribution in [0.5, 0.6) is 5.75 Å². The molecule has 6 heteroatoms. The number of carbonyl (C=O) groups excluding carboxylic acids is 2. The molecule has 0 radical (unpaired) electrons. The number of benzene rings is 1. The summed E-state index contributed by atoms with van der Waals surface area (Å²) in [6, 6.07) is 7.38. The molecule has 1 aromatic heterocycles. The van der Waals surface area contributed by atoms with Crippen LogP contribution in [0.3, 0.4) is 0 Å². The molecule has 138 valence electrons. The first-order valence-electron chi connectivity index (χ1n) is 8.88. The topological polar surface area (TPSA) is 65.6 Å². The number of nitrogens with zero attached hydrogens (tertiary/aromatic N) is 2. The van der Waals surface area contributed by atoms with E-state index in [4.69, 9.17) is 4.74 Å². The summed E-state index contributed by atoms with van der Waals surface area (Å²) in [5.41, 5.74) is 3.32. The second-order valence-electron chi connectivity index (χ2n) is 6.66. The van der Waals surface area contributed by atoms with E-state index in [0.29, 0.717) is 43.2 Å². The maximum atomic E-state index is 13.0. The monoisotopic (exact) mass is 355 g/mol. The molecule has 0 aliphatic carbocycles. The highest BCUT2D eigenvalue weighted by Crippen LogP contribution is 2.25. The van der Waals surface area contributed by atoms with Crippen LogP contribution in [0.15, 0.2) is 30.5 Å². The van der Waals surface area contributed by atoms with Crippen LogP contribution in [0, 0.1) is 13.8 Å². The molecule has 3 rings (SSSR count). The Morgan fingerprint density at radius 3 is 2.27 bits per heavy atom. The molecular weight excluding hydrogens is 330 g/mol. The van der Waals surface area contributed by atoms with E-state index in [0.717, 1.165) is 17.5 Å². The number of nitrogens with one attached hydrogen (secondary N) is 1. The zero-order chi connectivity index (χ0) is 18.7. The number of hydrogen-bond acceptors (Lipinski definition) is 3. The minimum Gasteiger partial charge on any atom is -0.496 e. The first-order valence-corrected chi connectivity index (χ1v) is 8.88. The van der Waals surface area contributed by atoms with Crippen molar-refractivity contribution in [3.05, 3.63) is 52.8 Å². The van der Waals surface area contributed by atoms with Crippen LogP contribution in [0.2, 0.25) is 0 Å². The largest absolute Gasteiger partial charge is 0.496 e. The normalized spacial score (nSPS) is 14.9. The highest BCUT2D eigenvalue weighted by Gasteiger charge is 2.25. The number of aromatic amines is 1. The third-order valence-electron chi connectivity index (χ3n) is 4.94. The zero-order valence-corrected chi connectivity index (χ0v) is 15.5. The van der Waals surface area contributed by atoms with Crippen molar-refractivity contribution in [2.24, 2.45) is 0 Å². The number of methoxy groups -OCH3 is 1. The summed E-state index contributed by atoms with van der Waals surface area (Å²) in [5.74, 6) is 0.536. The molecule has 2 amide bonds. The van der Waals surface area contributed by atoms with Gasteiger partial charge < -0.3 is 19.5 Å². The van der Waals surface area contributed by atoms with Crippen molar-refractivity contribution in [2.45, 2.75) is 20.3 Å². The summed E-state index contributed by atoms with van der Waals surface area (Å²) in [5, 5.41) is 0. The van der Waals surface area contributed by atoms with Gasteiger partial charge in [-0.2, -0.15) is 0 Å². The number of hydrogen-bond donors (Lipinski definition) is 1. The van der Waals surface area contributed by atoms with Gasteiger partial charge >= 0.3 is 0 Å². The van der Waals surface area contributed by atoms with Gasteiger partial charge in [0, 0.05) is 32.4 Å². The van der Waals surface area contributed by atoms with Gasteiger partial charge in [0.15, 0.2) is 0 Å². The van der Waals surface area contributed by atoms with Gasteiger partial charge in [-0.15, -0.1) is 0 Å². The Kier molecular flexibility index (Phi) is 5.30. The van der Waals surface area contributed by atoms with Crippen LogP contribution >= 0.6 is 0 Å². The zero-order valence-electron chi connectivity index (χ0n) is 15.5. The Hall–Kier alpha value is -2.76. The van der Waals surface area contributed by atoms with Gasteiger partial charge in [0.2, 0.25) is 0 Å². The average molecular weight is 355 g/mol. The summed E-state index contributed by atoms with van der Waals surface area (Å²) in [4.78, 5) is 32.1. The fourth-order valence-electron chi connectivity index (χ4n) is 3.25. The maximum Gasteiger partial charge on any atom is 0.270 e. The Balaban J connectivity index is 1.74. The minimum absolute atomic E-state index is 0.0203. The van der Waals surface area contributed by atoms with Crippen LogP contribution in [0.1, 0.15) is 38.4 Å². The molecule has 6 nitrogen and oxygen atoms in total. The van der Waals surface area contributed by atoms with Crippen LogP contribution in [-0.4, -0.2) is 59.9 Å². The van der Waals surface area contributed by atoms with Gasteiger partial charge in [0.25, 0.3) is 11.8 Å². The van der Waals surface area contributed by atoms with E-state index in [1.54, 1.807) is 24.3 Å². The molecule has 0 saturated carbocycles. The van der Waals surface area contributed by atoms with E-state index < -0.39 is 0 Å². The SMILES string of the molecule is COc1cc(C)c(C)cc1C(=O)N1CCCN(C(=O)c2ccc[nH]2)CC1. The summed E-state index contributed by atoms with van der Waals surface area (Å²) in [7, 11) is 1.58. The van der Waals surface area contributed by atoms with Crippen molar-refractivity contribution < 1.29 is 14.3 Å². The van der Waals surface area contributed by atoms with E-state index in [1.807, 2.05) is 36.9 Å². The molecule has 1 fully saturated rings. The van der Waals surface area contributed by atoms with E-state index >= 15 is 0 Å². The molecular formula is C20H25N3O3. The van der Waals surface area contributed by atoms with E-state index in [1.165, 1.54) is 0 Å². The predicted molar refractivity (Wildman–Crippen MR) is 99.7 cm³/mol. The van der Waals surface area contributed by atoms with Crippen molar-refractivity contribution in [2.75, 3.05) is 33.3 Å². The molecule has 0 atom stereocenters. The third kappa shape index (κ3) is 3.59. The molecule has 1 aliphatic heterocycles. The number of rotatable bonds is 3. The number of aromatic nitrogens is 1. The lowest BCUT2D eigenvalue weighted by atomic mass is 10.0. The first-order chi connectivity index (χ1) is 12.5. The van der Waals surface area contributed by atoms with E-state index in [2.05, 4.69) is 4.98 Å². The van der Waals surface area contributed by atoms with Crippen molar-refractivity contribution >= 4 is 11.8 Å². The van der Waals surface area contributed by atoms with E-state index in [-0.39, 0.29) is 11.8 Å². The quantitative estimate of drug-likeness (QED) is 0.920. The van der Waals surface area contributed by atoms with Crippen molar-refractivity contribution in [1.82, 2.24) is 14.8 Å². The van der Waals surface area contributed by atoms with Gasteiger partial charge in [-0.25, -0.2) is 0 Å². The fraction of sp³-hybridized carbons (Fsp3) is 0.400. The molecule has 0 unspecified atom stereocenters. The lowest BCUT2D eigenvalue weighted by Crippen LogP contribution is -2.37. The lowest BCUT2D eigenvalue weighted by molar-refractivity contribution is 0.0714. The second kappa shape index (κ2) is 7.64. The smallest absolute Gasteiger partial charge is 0.270 e. The Bertz CT molecular complexity index is 799. The van der Waals surface area contributed by atoms with Gasteiger partial charge in [-0.05, 0) is 55.7 Å².